The largest absolute Gasteiger partial charge is 0.479 e. The van der Waals surface area contributed by atoms with Gasteiger partial charge >= 0.3 is 5.97 Å². The number of carboxylic acid groups (broad SMARTS) is 1. The maximum absolute atomic E-state index is 13.0. The van der Waals surface area contributed by atoms with Crippen LogP contribution in [0.1, 0.15) is 43.0 Å². The van der Waals surface area contributed by atoms with Crippen LogP contribution in [-0.4, -0.2) is 59.2 Å². The maximum Gasteiger partial charge on any atom is 0.341 e. The number of rotatable bonds is 11. The lowest BCUT2D eigenvalue weighted by Gasteiger charge is -2.36. The molecule has 0 fully saturated rings. The zero-order valence-electron chi connectivity index (χ0n) is 15.1. The van der Waals surface area contributed by atoms with E-state index in [4.69, 9.17) is 4.84 Å². The molecule has 27 heavy (non-hydrogen) atoms. The fourth-order valence-electron chi connectivity index (χ4n) is 2.65. The Morgan fingerprint density at radius 1 is 1.15 bits per heavy atom. The van der Waals surface area contributed by atoms with E-state index in [0.29, 0.717) is 12.8 Å². The molecule has 9 nitrogen and oxygen atoms in total. The van der Waals surface area contributed by atoms with E-state index < -0.39 is 39.1 Å². The molecule has 1 rings (SSSR count). The molecular weight excluding hydrogens is 378 g/mol. The molecule has 1 amide bonds. The first-order valence-electron chi connectivity index (χ1n) is 8.25. The minimum atomic E-state index is -4.97. The molecule has 1 atom stereocenters. The highest BCUT2D eigenvalue weighted by Crippen LogP contribution is 2.26. The highest BCUT2D eigenvalue weighted by atomic mass is 32.2. The van der Waals surface area contributed by atoms with E-state index in [1.165, 1.54) is 24.3 Å². The van der Waals surface area contributed by atoms with Gasteiger partial charge in [-0.2, -0.15) is 13.5 Å². The van der Waals surface area contributed by atoms with Crippen molar-refractivity contribution in [2.24, 2.45) is 0 Å². The number of carboxylic acids is 1. The van der Waals surface area contributed by atoms with Crippen LogP contribution in [0.4, 0.5) is 0 Å². The summed E-state index contributed by atoms with van der Waals surface area (Å²) in [6.07, 6.45) is 1.72. The van der Waals surface area contributed by atoms with Crippen molar-refractivity contribution in [3.8, 4) is 0 Å². The smallest absolute Gasteiger partial charge is 0.341 e. The molecule has 0 aliphatic carbocycles. The Balaban J connectivity index is 3.52. The Hall–Kier alpha value is -2.30. The Morgan fingerprint density at radius 3 is 2.19 bits per heavy atom. The minimum Gasteiger partial charge on any atom is -0.479 e. The van der Waals surface area contributed by atoms with Gasteiger partial charge in [0.1, 0.15) is 5.75 Å². The van der Waals surface area contributed by atoms with Crippen molar-refractivity contribution in [3.05, 3.63) is 35.9 Å². The van der Waals surface area contributed by atoms with E-state index in [0.717, 1.165) is 13.5 Å². The molecule has 0 radical (unpaired) electrons. The fourth-order valence-corrected chi connectivity index (χ4v) is 3.55. The van der Waals surface area contributed by atoms with E-state index in [2.05, 4.69) is 0 Å². The highest BCUT2D eigenvalue weighted by molar-refractivity contribution is 7.85. The second-order valence-electron chi connectivity index (χ2n) is 5.91. The molecule has 150 valence electrons. The summed E-state index contributed by atoms with van der Waals surface area (Å²) in [5.41, 5.74) is -3.11. The maximum atomic E-state index is 13.0. The summed E-state index contributed by atoms with van der Waals surface area (Å²) in [4.78, 5) is 42.5. The first-order valence-corrected chi connectivity index (χ1v) is 9.86. The summed E-state index contributed by atoms with van der Waals surface area (Å²) in [6.45, 7) is 1.90. The molecule has 0 heterocycles. The molecule has 0 aromatic heterocycles. The Morgan fingerprint density at radius 2 is 1.74 bits per heavy atom. The summed E-state index contributed by atoms with van der Waals surface area (Å²) in [5.74, 6) is -5.55. The SMILES string of the molecule is CCCCCC(=O)N(OC)[C@@](CS(=O)(=O)O)(C(=O)O)C(=O)c1ccccc1. The molecule has 1 aromatic rings. The lowest BCUT2D eigenvalue weighted by Crippen LogP contribution is -2.65. The van der Waals surface area contributed by atoms with Crippen molar-refractivity contribution in [1.82, 2.24) is 5.06 Å². The van der Waals surface area contributed by atoms with E-state index in [1.807, 2.05) is 6.92 Å². The van der Waals surface area contributed by atoms with Gasteiger partial charge in [0.05, 0.1) is 7.11 Å². The normalized spacial score (nSPS) is 13.6. The number of nitrogens with zero attached hydrogens (tertiary/aromatic N) is 1. The van der Waals surface area contributed by atoms with Crippen LogP contribution in [0.25, 0.3) is 0 Å². The topological polar surface area (TPSA) is 138 Å². The van der Waals surface area contributed by atoms with Gasteiger partial charge in [-0.25, -0.2) is 4.79 Å². The van der Waals surface area contributed by atoms with Crippen molar-refractivity contribution in [2.45, 2.75) is 38.1 Å². The molecular formula is C17H23NO8S. The minimum absolute atomic E-state index is 0.146. The lowest BCUT2D eigenvalue weighted by atomic mass is 9.90. The number of ketones is 1. The van der Waals surface area contributed by atoms with Gasteiger partial charge in [0.15, 0.2) is 0 Å². The Labute approximate surface area is 157 Å². The third kappa shape index (κ3) is 5.59. The van der Waals surface area contributed by atoms with E-state index in [9.17, 15) is 32.5 Å². The molecule has 10 heteroatoms. The number of carbonyl (C=O) groups excluding carboxylic acids is 2. The van der Waals surface area contributed by atoms with Crippen LogP contribution < -0.4 is 0 Å². The number of unbranched alkanes of at least 4 members (excludes halogenated alkanes) is 2. The van der Waals surface area contributed by atoms with Crippen molar-refractivity contribution < 1.29 is 37.3 Å². The van der Waals surface area contributed by atoms with Gasteiger partial charge in [-0.1, -0.05) is 50.1 Å². The number of hydroxylamine groups is 2. The van der Waals surface area contributed by atoms with Crippen LogP contribution in [0.3, 0.4) is 0 Å². The second kappa shape index (κ2) is 9.58. The van der Waals surface area contributed by atoms with Crippen LogP contribution >= 0.6 is 0 Å². The second-order valence-corrected chi connectivity index (χ2v) is 7.37. The highest BCUT2D eigenvalue weighted by Gasteiger charge is 2.57. The van der Waals surface area contributed by atoms with Gasteiger partial charge in [0.2, 0.25) is 17.2 Å². The predicted molar refractivity (Wildman–Crippen MR) is 95.6 cm³/mol. The van der Waals surface area contributed by atoms with Gasteiger partial charge in [0, 0.05) is 12.0 Å². The molecule has 0 saturated heterocycles. The van der Waals surface area contributed by atoms with Gasteiger partial charge in [-0.3, -0.25) is 19.0 Å². The summed E-state index contributed by atoms with van der Waals surface area (Å²) in [5, 5.41) is 10.0. The van der Waals surface area contributed by atoms with Crippen molar-refractivity contribution in [1.29, 1.82) is 0 Å². The average molecular weight is 401 g/mol. The van der Waals surface area contributed by atoms with E-state index in [-0.39, 0.29) is 17.0 Å². The number of carbonyl (C=O) groups is 3. The predicted octanol–water partition coefficient (Wildman–Crippen LogP) is 1.55. The Bertz CT molecular complexity index is 777. The van der Waals surface area contributed by atoms with Crippen LogP contribution in [0.2, 0.25) is 0 Å². The third-order valence-corrected chi connectivity index (χ3v) is 4.69. The summed E-state index contributed by atoms with van der Waals surface area (Å²) in [6, 6.07) is 7.03. The van der Waals surface area contributed by atoms with Gasteiger partial charge in [-0.15, -0.1) is 0 Å². The number of hydrogen-bond donors (Lipinski definition) is 2. The van der Waals surface area contributed by atoms with E-state index >= 15 is 0 Å². The number of aliphatic carboxylic acids is 1. The number of amides is 1. The third-order valence-electron chi connectivity index (χ3n) is 3.91. The van der Waals surface area contributed by atoms with Crippen molar-refractivity contribution in [2.75, 3.05) is 12.9 Å². The molecule has 0 spiro atoms. The lowest BCUT2D eigenvalue weighted by molar-refractivity contribution is -0.206. The summed E-state index contributed by atoms with van der Waals surface area (Å²) >= 11 is 0. The number of hydrogen-bond acceptors (Lipinski definition) is 6. The zero-order chi connectivity index (χ0) is 20.7. The first-order chi connectivity index (χ1) is 12.6. The molecule has 1 aromatic carbocycles. The molecule has 0 bridgehead atoms. The van der Waals surface area contributed by atoms with Crippen LogP contribution in [0.5, 0.6) is 0 Å². The average Bonchev–Trinajstić information content (AvgIpc) is 2.60. The molecule has 0 unspecified atom stereocenters. The number of benzene rings is 1. The van der Waals surface area contributed by atoms with Crippen molar-refractivity contribution >= 4 is 27.8 Å². The molecule has 0 aliphatic rings. The van der Waals surface area contributed by atoms with Gasteiger partial charge in [-0.05, 0) is 6.42 Å². The molecule has 0 saturated carbocycles. The zero-order valence-corrected chi connectivity index (χ0v) is 15.9. The summed E-state index contributed by atoms with van der Waals surface area (Å²) < 4.78 is 32.4. The standard InChI is InChI=1S/C17H23NO8S/c1-3-4-6-11-14(19)18(26-2)17(16(21)22,12-27(23,24)25)15(20)13-9-7-5-8-10-13/h5,7-10H,3-4,6,11-12H2,1-2H3,(H,21,22)(H,23,24,25)/t17-/m1/s1. The first kappa shape index (κ1) is 22.7. The van der Waals surface area contributed by atoms with Crippen LogP contribution in [-0.2, 0) is 24.5 Å². The summed E-state index contributed by atoms with van der Waals surface area (Å²) in [7, 11) is -4.01. The quantitative estimate of drug-likeness (QED) is 0.187. The monoisotopic (exact) mass is 401 g/mol. The fraction of sp³-hybridized carbons (Fsp3) is 0.471. The van der Waals surface area contributed by atoms with Crippen LogP contribution in [0, 0.1) is 0 Å². The van der Waals surface area contributed by atoms with Gasteiger partial charge in [0.25, 0.3) is 10.1 Å². The van der Waals surface area contributed by atoms with E-state index in [1.54, 1.807) is 6.07 Å². The Kier molecular flexibility index (Phi) is 8.07. The number of Topliss-reactive ketones (excluding diaryl/α,β-unsaturated/α-hetero) is 1. The van der Waals surface area contributed by atoms with Crippen molar-refractivity contribution in [3.63, 3.8) is 0 Å². The van der Waals surface area contributed by atoms with Crippen LogP contribution in [0.15, 0.2) is 30.3 Å². The molecule has 0 aliphatic heterocycles. The van der Waals surface area contributed by atoms with Gasteiger partial charge < -0.3 is 5.11 Å². The molecule has 2 N–H and O–H groups in total.